The molecule has 2 atom stereocenters. The van der Waals surface area contributed by atoms with Crippen molar-refractivity contribution in [3.05, 3.63) is 60.7 Å². The van der Waals surface area contributed by atoms with E-state index >= 15 is 0 Å². The van der Waals surface area contributed by atoms with Crippen molar-refractivity contribution in [1.82, 2.24) is 9.21 Å². The zero-order chi connectivity index (χ0) is 20.5. The second kappa shape index (κ2) is 7.78. The Kier molecular flexibility index (Phi) is 5.33. The summed E-state index contributed by atoms with van der Waals surface area (Å²) in [6.45, 7) is 3.02. The van der Waals surface area contributed by atoms with Gasteiger partial charge in [-0.15, -0.1) is 0 Å². The first kappa shape index (κ1) is 19.9. The number of urea groups is 1. The highest BCUT2D eigenvalue weighted by Gasteiger charge is 2.52. The molecule has 2 aromatic carbocycles. The molecule has 1 spiro atoms. The summed E-state index contributed by atoms with van der Waals surface area (Å²) in [5.41, 5.74) is -0.173. The Bertz CT molecular complexity index is 968. The van der Waals surface area contributed by atoms with Crippen LogP contribution in [0.15, 0.2) is 65.6 Å². The number of ether oxygens (including phenoxy) is 1. The molecule has 29 heavy (non-hydrogen) atoms. The predicted octanol–water partition coefficient (Wildman–Crippen LogP) is 3.12. The van der Waals surface area contributed by atoms with Crippen LogP contribution in [0.25, 0.3) is 0 Å². The summed E-state index contributed by atoms with van der Waals surface area (Å²) in [6.07, 6.45) is 0.868. The van der Waals surface area contributed by atoms with Gasteiger partial charge in [-0.25, -0.2) is 13.2 Å². The van der Waals surface area contributed by atoms with Crippen molar-refractivity contribution in [2.24, 2.45) is 0 Å². The van der Waals surface area contributed by atoms with Crippen LogP contribution in [0.5, 0.6) is 0 Å². The van der Waals surface area contributed by atoms with Gasteiger partial charge in [-0.05, 0) is 31.2 Å². The lowest BCUT2D eigenvalue weighted by atomic mass is 9.95. The molecule has 0 radical (unpaired) electrons. The predicted molar refractivity (Wildman–Crippen MR) is 110 cm³/mol. The van der Waals surface area contributed by atoms with E-state index in [4.69, 9.17) is 4.74 Å². The molecule has 2 amide bonds. The Balaban J connectivity index is 1.51. The van der Waals surface area contributed by atoms with Crippen LogP contribution in [0, 0.1) is 0 Å². The monoisotopic (exact) mass is 415 g/mol. The highest BCUT2D eigenvalue weighted by Crippen LogP contribution is 2.40. The maximum Gasteiger partial charge on any atom is 0.322 e. The van der Waals surface area contributed by atoms with Gasteiger partial charge in [-0.1, -0.05) is 36.4 Å². The largest absolute Gasteiger partial charge is 0.358 e. The zero-order valence-electron chi connectivity index (χ0n) is 16.3. The summed E-state index contributed by atoms with van der Waals surface area (Å²) < 4.78 is 33.9. The molecular formula is C21H25N3O4S. The number of likely N-dealkylation sites (tertiary alicyclic amines) is 1. The Hall–Kier alpha value is -2.42. The number of piperidine rings is 1. The number of hydrogen-bond donors (Lipinski definition) is 1. The SMILES string of the molecule is CC1CC2(CCN1C(=O)Nc1ccccc1)OCCN2S(=O)(=O)c1ccccc1. The summed E-state index contributed by atoms with van der Waals surface area (Å²) in [5.74, 6) is 0. The van der Waals surface area contributed by atoms with Crippen LogP contribution in [0.1, 0.15) is 19.8 Å². The third kappa shape index (κ3) is 3.75. The van der Waals surface area contributed by atoms with Gasteiger partial charge in [0.2, 0.25) is 10.0 Å². The van der Waals surface area contributed by atoms with Gasteiger partial charge >= 0.3 is 6.03 Å². The van der Waals surface area contributed by atoms with E-state index in [2.05, 4.69) is 5.32 Å². The van der Waals surface area contributed by atoms with Gasteiger partial charge in [-0.2, -0.15) is 4.31 Å². The summed E-state index contributed by atoms with van der Waals surface area (Å²) >= 11 is 0. The maximum absolute atomic E-state index is 13.2. The van der Waals surface area contributed by atoms with Crippen LogP contribution in [0.3, 0.4) is 0 Å². The summed E-state index contributed by atoms with van der Waals surface area (Å²) in [5, 5.41) is 2.90. The minimum Gasteiger partial charge on any atom is -0.358 e. The van der Waals surface area contributed by atoms with Gasteiger partial charge in [0.25, 0.3) is 0 Å². The van der Waals surface area contributed by atoms with E-state index in [1.165, 1.54) is 4.31 Å². The second-order valence-electron chi connectivity index (χ2n) is 7.48. The molecule has 2 fully saturated rings. The van der Waals surface area contributed by atoms with Crippen LogP contribution >= 0.6 is 0 Å². The summed E-state index contributed by atoms with van der Waals surface area (Å²) in [6, 6.07) is 17.4. The molecule has 0 bridgehead atoms. The highest BCUT2D eigenvalue weighted by molar-refractivity contribution is 7.89. The molecule has 2 aromatic rings. The first-order valence-electron chi connectivity index (χ1n) is 9.77. The molecule has 0 aliphatic carbocycles. The number of sulfonamides is 1. The molecule has 1 N–H and O–H groups in total. The zero-order valence-corrected chi connectivity index (χ0v) is 17.1. The molecular weight excluding hydrogens is 390 g/mol. The van der Waals surface area contributed by atoms with Crippen molar-refractivity contribution in [3.8, 4) is 0 Å². The normalized spacial score (nSPS) is 25.3. The number of carbonyl (C=O) groups excluding carboxylic acids is 1. The molecule has 2 aliphatic rings. The number of amides is 2. The minimum atomic E-state index is -3.67. The van der Waals surface area contributed by atoms with Crippen molar-refractivity contribution in [2.45, 2.75) is 36.4 Å². The molecule has 2 saturated heterocycles. The number of nitrogens with zero attached hydrogens (tertiary/aromatic N) is 2. The highest BCUT2D eigenvalue weighted by atomic mass is 32.2. The molecule has 2 aliphatic heterocycles. The van der Waals surface area contributed by atoms with Crippen molar-refractivity contribution in [1.29, 1.82) is 0 Å². The van der Waals surface area contributed by atoms with E-state index in [9.17, 15) is 13.2 Å². The standard InChI is InChI=1S/C21H25N3O4S/c1-17-16-21(12-13-23(17)20(25)22-18-8-4-2-5-9-18)24(14-15-28-21)29(26,27)19-10-6-3-7-11-19/h2-11,17H,12-16H2,1H3,(H,22,25). The van der Waals surface area contributed by atoms with Crippen LogP contribution in [0.2, 0.25) is 0 Å². The van der Waals surface area contributed by atoms with Gasteiger partial charge in [0.1, 0.15) is 5.72 Å². The molecule has 7 nitrogen and oxygen atoms in total. The van der Waals surface area contributed by atoms with Gasteiger partial charge in [-0.3, -0.25) is 0 Å². The molecule has 154 valence electrons. The lowest BCUT2D eigenvalue weighted by Crippen LogP contribution is -2.59. The number of carbonyl (C=O) groups is 1. The average Bonchev–Trinajstić information content (AvgIpc) is 3.13. The van der Waals surface area contributed by atoms with Crippen LogP contribution in [0.4, 0.5) is 10.5 Å². The van der Waals surface area contributed by atoms with Crippen molar-refractivity contribution >= 4 is 21.7 Å². The number of anilines is 1. The lowest BCUT2D eigenvalue weighted by Gasteiger charge is -2.46. The third-order valence-electron chi connectivity index (χ3n) is 5.63. The quantitative estimate of drug-likeness (QED) is 0.835. The Labute approximate surface area is 171 Å². The maximum atomic E-state index is 13.2. The number of nitrogens with one attached hydrogen (secondary N) is 1. The molecule has 8 heteroatoms. The number of hydrogen-bond acceptors (Lipinski definition) is 4. The van der Waals surface area contributed by atoms with Crippen LogP contribution in [-0.2, 0) is 14.8 Å². The summed E-state index contributed by atoms with van der Waals surface area (Å²) in [7, 11) is -3.67. The van der Waals surface area contributed by atoms with Crippen molar-refractivity contribution < 1.29 is 17.9 Å². The molecule has 2 heterocycles. The van der Waals surface area contributed by atoms with E-state index in [-0.39, 0.29) is 17.0 Å². The van der Waals surface area contributed by atoms with Gasteiger partial charge in [0, 0.05) is 37.7 Å². The van der Waals surface area contributed by atoms with E-state index in [1.807, 2.05) is 37.3 Å². The summed E-state index contributed by atoms with van der Waals surface area (Å²) in [4.78, 5) is 14.7. The smallest absolute Gasteiger partial charge is 0.322 e. The molecule has 4 rings (SSSR count). The molecule has 0 aromatic heterocycles. The topological polar surface area (TPSA) is 79.0 Å². The Morgan fingerprint density at radius 1 is 1.07 bits per heavy atom. The fourth-order valence-corrected chi connectivity index (χ4v) is 5.95. The Morgan fingerprint density at radius 3 is 2.38 bits per heavy atom. The molecule has 2 unspecified atom stereocenters. The van der Waals surface area contributed by atoms with E-state index in [0.29, 0.717) is 32.5 Å². The van der Waals surface area contributed by atoms with Gasteiger partial charge in [0.15, 0.2) is 0 Å². The molecule has 0 saturated carbocycles. The van der Waals surface area contributed by atoms with E-state index in [0.717, 1.165) is 5.69 Å². The van der Waals surface area contributed by atoms with Gasteiger partial charge < -0.3 is 15.0 Å². The first-order chi connectivity index (χ1) is 13.9. The van der Waals surface area contributed by atoms with E-state index < -0.39 is 15.7 Å². The fourth-order valence-electron chi connectivity index (χ4n) is 4.22. The van der Waals surface area contributed by atoms with E-state index in [1.54, 1.807) is 35.2 Å². The second-order valence-corrected chi connectivity index (χ2v) is 9.34. The number of rotatable bonds is 3. The first-order valence-corrected chi connectivity index (χ1v) is 11.2. The average molecular weight is 416 g/mol. The number of para-hydroxylation sites is 1. The van der Waals surface area contributed by atoms with Crippen molar-refractivity contribution in [3.63, 3.8) is 0 Å². The fraction of sp³-hybridized carbons (Fsp3) is 0.381. The van der Waals surface area contributed by atoms with Crippen molar-refractivity contribution in [2.75, 3.05) is 25.0 Å². The minimum absolute atomic E-state index is 0.168. The van der Waals surface area contributed by atoms with Crippen LogP contribution < -0.4 is 5.32 Å². The van der Waals surface area contributed by atoms with Gasteiger partial charge in [0.05, 0.1) is 11.5 Å². The number of benzene rings is 2. The van der Waals surface area contributed by atoms with Crippen LogP contribution in [-0.4, -0.2) is 55.1 Å². The lowest BCUT2D eigenvalue weighted by molar-refractivity contribution is -0.0968. The Morgan fingerprint density at radius 2 is 1.72 bits per heavy atom. The third-order valence-corrected chi connectivity index (χ3v) is 7.59.